The highest BCUT2D eigenvalue weighted by atomic mass is 28.4. The van der Waals surface area contributed by atoms with E-state index in [2.05, 4.69) is 46.0 Å². The smallest absolute Gasteiger partial charge is 0.338 e. The minimum absolute atomic E-state index is 0.201. The lowest BCUT2D eigenvalue weighted by Gasteiger charge is -2.36. The SMILES string of the molecule is COC(=O)c1ccccc1-c1ccc(CO[Si](C)(C)C(C)(C)C)cc1. The van der Waals surface area contributed by atoms with Gasteiger partial charge in [-0.15, -0.1) is 0 Å². The summed E-state index contributed by atoms with van der Waals surface area (Å²) in [7, 11) is -0.352. The quantitative estimate of drug-likeness (QED) is 0.512. The molecule has 2 aromatic carbocycles. The molecule has 25 heavy (non-hydrogen) atoms. The standard InChI is InChI=1S/C21H28O3Si/c1-21(2,3)25(5,6)24-15-16-11-13-17(14-12-16)18-9-7-8-10-19(18)20(22)23-4/h7-14H,15H2,1-6H3. The molecule has 4 heteroatoms. The topological polar surface area (TPSA) is 35.5 Å². The summed E-state index contributed by atoms with van der Waals surface area (Å²) < 4.78 is 11.1. The highest BCUT2D eigenvalue weighted by molar-refractivity contribution is 6.74. The van der Waals surface area contributed by atoms with E-state index < -0.39 is 8.32 Å². The Balaban J connectivity index is 2.18. The predicted molar refractivity (Wildman–Crippen MR) is 105 cm³/mol. The molecule has 2 aromatic rings. The molecule has 134 valence electrons. The number of hydrogen-bond acceptors (Lipinski definition) is 3. The Morgan fingerprint density at radius 1 is 1.00 bits per heavy atom. The lowest BCUT2D eigenvalue weighted by molar-refractivity contribution is 0.0601. The average Bonchev–Trinajstić information content (AvgIpc) is 2.59. The fraction of sp³-hybridized carbons (Fsp3) is 0.381. The van der Waals surface area contributed by atoms with Gasteiger partial charge in [-0.25, -0.2) is 4.79 Å². The van der Waals surface area contributed by atoms with E-state index in [0.29, 0.717) is 12.2 Å². The first-order chi connectivity index (χ1) is 11.7. The molecule has 0 aliphatic carbocycles. The average molecular weight is 357 g/mol. The summed E-state index contributed by atoms with van der Waals surface area (Å²) in [6.07, 6.45) is 0. The first kappa shape index (κ1) is 19.4. The Kier molecular flexibility index (Phi) is 5.86. The first-order valence-electron chi connectivity index (χ1n) is 8.56. The zero-order valence-electron chi connectivity index (χ0n) is 16.1. The zero-order valence-corrected chi connectivity index (χ0v) is 17.1. The van der Waals surface area contributed by atoms with Crippen molar-refractivity contribution in [2.24, 2.45) is 0 Å². The van der Waals surface area contributed by atoms with E-state index in [-0.39, 0.29) is 11.0 Å². The van der Waals surface area contributed by atoms with Crippen molar-refractivity contribution in [3.05, 3.63) is 59.7 Å². The Morgan fingerprint density at radius 2 is 1.60 bits per heavy atom. The third kappa shape index (κ3) is 4.59. The largest absolute Gasteiger partial charge is 0.465 e. The highest BCUT2D eigenvalue weighted by Crippen LogP contribution is 2.37. The van der Waals surface area contributed by atoms with Gasteiger partial charge >= 0.3 is 5.97 Å². The lowest BCUT2D eigenvalue weighted by atomic mass is 9.99. The summed E-state index contributed by atoms with van der Waals surface area (Å²) in [5.74, 6) is -0.319. The van der Waals surface area contributed by atoms with Crippen LogP contribution >= 0.6 is 0 Å². The third-order valence-electron chi connectivity index (χ3n) is 5.00. The normalized spacial score (nSPS) is 12.1. The number of carbonyl (C=O) groups excluding carboxylic acids is 1. The Bertz CT molecular complexity index is 728. The van der Waals surface area contributed by atoms with Crippen molar-refractivity contribution in [3.8, 4) is 11.1 Å². The second kappa shape index (κ2) is 7.54. The molecule has 0 N–H and O–H groups in total. The zero-order chi connectivity index (χ0) is 18.7. The maximum atomic E-state index is 11.9. The van der Waals surface area contributed by atoms with Crippen LogP contribution in [0.5, 0.6) is 0 Å². The molecule has 0 amide bonds. The van der Waals surface area contributed by atoms with Crippen molar-refractivity contribution in [2.75, 3.05) is 7.11 Å². The molecule has 0 aliphatic rings. The second-order valence-electron chi connectivity index (χ2n) is 7.78. The number of esters is 1. The van der Waals surface area contributed by atoms with Crippen LogP contribution in [0.1, 0.15) is 36.7 Å². The van der Waals surface area contributed by atoms with Gasteiger partial charge in [0.15, 0.2) is 8.32 Å². The van der Waals surface area contributed by atoms with Crippen LogP contribution in [0.25, 0.3) is 11.1 Å². The first-order valence-corrected chi connectivity index (χ1v) is 11.5. The van der Waals surface area contributed by atoms with Crippen molar-refractivity contribution in [2.45, 2.75) is 45.5 Å². The van der Waals surface area contributed by atoms with Gasteiger partial charge in [-0.05, 0) is 40.9 Å². The van der Waals surface area contributed by atoms with E-state index in [9.17, 15) is 4.79 Å². The molecule has 0 atom stereocenters. The van der Waals surface area contributed by atoms with Gasteiger partial charge in [-0.2, -0.15) is 0 Å². The van der Waals surface area contributed by atoms with Crippen LogP contribution in [-0.2, 0) is 15.8 Å². The molecule has 0 bridgehead atoms. The summed E-state index contributed by atoms with van der Waals surface area (Å²) in [5, 5.41) is 0.201. The van der Waals surface area contributed by atoms with Crippen molar-refractivity contribution >= 4 is 14.3 Å². The Morgan fingerprint density at radius 3 is 2.16 bits per heavy atom. The molecular weight excluding hydrogens is 328 g/mol. The highest BCUT2D eigenvalue weighted by Gasteiger charge is 2.36. The second-order valence-corrected chi connectivity index (χ2v) is 12.6. The third-order valence-corrected chi connectivity index (χ3v) is 9.48. The van der Waals surface area contributed by atoms with Crippen molar-refractivity contribution in [1.29, 1.82) is 0 Å². The predicted octanol–water partition coefficient (Wildman–Crippen LogP) is 5.66. The molecule has 2 rings (SSSR count). The molecule has 0 saturated heterocycles. The van der Waals surface area contributed by atoms with Crippen LogP contribution in [0.2, 0.25) is 18.1 Å². The summed E-state index contributed by atoms with van der Waals surface area (Å²) >= 11 is 0. The fourth-order valence-electron chi connectivity index (χ4n) is 2.28. The summed E-state index contributed by atoms with van der Waals surface area (Å²) in [4.78, 5) is 11.9. The molecular formula is C21H28O3Si. The minimum Gasteiger partial charge on any atom is -0.465 e. The van der Waals surface area contributed by atoms with Crippen molar-refractivity contribution in [1.82, 2.24) is 0 Å². The van der Waals surface area contributed by atoms with Crippen LogP contribution in [0, 0.1) is 0 Å². The molecule has 0 heterocycles. The number of hydrogen-bond donors (Lipinski definition) is 0. The van der Waals surface area contributed by atoms with Gasteiger partial charge in [0, 0.05) is 0 Å². The molecule has 0 aromatic heterocycles. The summed E-state index contributed by atoms with van der Waals surface area (Å²) in [6.45, 7) is 11.9. The van der Waals surface area contributed by atoms with Crippen LogP contribution in [-0.4, -0.2) is 21.4 Å². The van der Waals surface area contributed by atoms with Gasteiger partial charge in [-0.1, -0.05) is 63.2 Å². The van der Waals surface area contributed by atoms with E-state index in [1.807, 2.05) is 30.3 Å². The summed E-state index contributed by atoms with van der Waals surface area (Å²) in [5.41, 5.74) is 3.60. The summed E-state index contributed by atoms with van der Waals surface area (Å²) in [6, 6.07) is 15.7. The maximum absolute atomic E-state index is 11.9. The van der Waals surface area contributed by atoms with Crippen molar-refractivity contribution < 1.29 is 14.0 Å². The number of rotatable bonds is 5. The van der Waals surface area contributed by atoms with Gasteiger partial charge in [0.05, 0.1) is 19.3 Å². The van der Waals surface area contributed by atoms with Gasteiger partial charge < -0.3 is 9.16 Å². The number of ether oxygens (including phenoxy) is 1. The Hall–Kier alpha value is -1.91. The maximum Gasteiger partial charge on any atom is 0.338 e. The molecule has 0 unspecified atom stereocenters. The minimum atomic E-state index is -1.76. The van der Waals surface area contributed by atoms with Crippen LogP contribution in [0.3, 0.4) is 0 Å². The van der Waals surface area contributed by atoms with Crippen molar-refractivity contribution in [3.63, 3.8) is 0 Å². The van der Waals surface area contributed by atoms with Gasteiger partial charge in [0.2, 0.25) is 0 Å². The Labute approximate surface area is 152 Å². The molecule has 0 fully saturated rings. The fourth-order valence-corrected chi connectivity index (χ4v) is 3.24. The molecule has 0 spiro atoms. The van der Waals surface area contributed by atoms with E-state index in [4.69, 9.17) is 9.16 Å². The molecule has 0 saturated carbocycles. The lowest BCUT2D eigenvalue weighted by Crippen LogP contribution is -2.40. The van der Waals surface area contributed by atoms with Gasteiger partial charge in [0.1, 0.15) is 0 Å². The number of carbonyl (C=O) groups is 1. The van der Waals surface area contributed by atoms with E-state index in [1.165, 1.54) is 7.11 Å². The molecule has 3 nitrogen and oxygen atoms in total. The van der Waals surface area contributed by atoms with E-state index in [1.54, 1.807) is 6.07 Å². The number of methoxy groups -OCH3 is 1. The van der Waals surface area contributed by atoms with Crippen LogP contribution in [0.15, 0.2) is 48.5 Å². The van der Waals surface area contributed by atoms with Gasteiger partial charge in [-0.3, -0.25) is 0 Å². The van der Waals surface area contributed by atoms with Crippen LogP contribution in [0.4, 0.5) is 0 Å². The van der Waals surface area contributed by atoms with Crippen LogP contribution < -0.4 is 0 Å². The van der Waals surface area contributed by atoms with Gasteiger partial charge in [0.25, 0.3) is 0 Å². The molecule has 0 aliphatic heterocycles. The van der Waals surface area contributed by atoms with E-state index >= 15 is 0 Å². The molecule has 0 radical (unpaired) electrons. The monoisotopic (exact) mass is 356 g/mol. The number of benzene rings is 2. The van der Waals surface area contributed by atoms with E-state index in [0.717, 1.165) is 16.7 Å².